The van der Waals surface area contributed by atoms with Crippen LogP contribution in [-0.4, -0.2) is 41.3 Å². The summed E-state index contributed by atoms with van der Waals surface area (Å²) in [4.78, 5) is 24.9. The van der Waals surface area contributed by atoms with Gasteiger partial charge >= 0.3 is 12.1 Å². The molecule has 0 atom stereocenters. The molecular weight excluding hydrogens is 296 g/mol. The molecule has 0 aliphatic rings. The Bertz CT molecular complexity index is 638. The van der Waals surface area contributed by atoms with E-state index in [-0.39, 0.29) is 19.7 Å². The van der Waals surface area contributed by atoms with Crippen LogP contribution in [0.1, 0.15) is 6.92 Å². The fourth-order valence-electron chi connectivity index (χ4n) is 2.02. The summed E-state index contributed by atoms with van der Waals surface area (Å²) in [6.07, 6.45) is 3.15. The van der Waals surface area contributed by atoms with Gasteiger partial charge in [0.25, 0.3) is 0 Å². The van der Waals surface area contributed by atoms with Gasteiger partial charge in [-0.3, -0.25) is 0 Å². The Kier molecular flexibility index (Phi) is 5.76. The third-order valence-electron chi connectivity index (χ3n) is 3.11. The lowest BCUT2D eigenvalue weighted by Gasteiger charge is -2.19. The average molecular weight is 316 g/mol. The number of carbonyl (C=O) groups is 2. The standard InChI is InChI=1S/C16H20N4O3/c1-2-23-16(22)20(12-9-17)15(21)18-13-5-7-14(8-6-13)19-10-3-4-11-19/h3-8,10-11H,2,9,12,17H2,1H3,(H,18,21). The number of hydrogen-bond donors (Lipinski definition) is 2. The van der Waals surface area contributed by atoms with Crippen molar-refractivity contribution in [2.45, 2.75) is 6.92 Å². The lowest BCUT2D eigenvalue weighted by atomic mass is 10.3. The highest BCUT2D eigenvalue weighted by molar-refractivity contribution is 5.99. The van der Waals surface area contributed by atoms with Crippen LogP contribution in [-0.2, 0) is 4.74 Å². The molecule has 0 aliphatic carbocycles. The fraction of sp³-hybridized carbons (Fsp3) is 0.250. The van der Waals surface area contributed by atoms with Gasteiger partial charge in [-0.25, -0.2) is 14.5 Å². The molecule has 0 fully saturated rings. The van der Waals surface area contributed by atoms with Gasteiger partial charge in [-0.2, -0.15) is 0 Å². The number of ether oxygens (including phenoxy) is 1. The second-order valence-electron chi connectivity index (χ2n) is 4.71. The topological polar surface area (TPSA) is 89.6 Å². The summed E-state index contributed by atoms with van der Waals surface area (Å²) in [5.41, 5.74) is 6.99. The molecule has 3 amide bonds. The molecule has 0 unspecified atom stereocenters. The van der Waals surface area contributed by atoms with Crippen LogP contribution in [0.5, 0.6) is 0 Å². The Balaban J connectivity index is 2.04. The quantitative estimate of drug-likeness (QED) is 0.886. The minimum absolute atomic E-state index is 0.0894. The van der Waals surface area contributed by atoms with Gasteiger partial charge in [0.05, 0.1) is 6.61 Å². The number of nitrogens with two attached hydrogens (primary N) is 1. The molecule has 7 nitrogen and oxygen atoms in total. The number of carbonyl (C=O) groups excluding carboxylic acids is 2. The highest BCUT2D eigenvalue weighted by Gasteiger charge is 2.21. The summed E-state index contributed by atoms with van der Waals surface area (Å²) in [7, 11) is 0. The van der Waals surface area contributed by atoms with Crippen molar-refractivity contribution >= 4 is 17.8 Å². The van der Waals surface area contributed by atoms with Crippen molar-refractivity contribution in [3.05, 3.63) is 48.8 Å². The number of nitrogens with one attached hydrogen (secondary N) is 1. The number of amides is 3. The second kappa shape index (κ2) is 8.00. The predicted molar refractivity (Wildman–Crippen MR) is 87.6 cm³/mol. The van der Waals surface area contributed by atoms with E-state index < -0.39 is 12.1 Å². The number of aromatic nitrogens is 1. The first-order chi connectivity index (χ1) is 11.2. The zero-order valence-corrected chi connectivity index (χ0v) is 12.9. The number of imide groups is 1. The van der Waals surface area contributed by atoms with E-state index in [1.165, 1.54) is 0 Å². The molecule has 1 aromatic heterocycles. The molecule has 1 heterocycles. The van der Waals surface area contributed by atoms with Crippen molar-refractivity contribution in [1.29, 1.82) is 0 Å². The van der Waals surface area contributed by atoms with E-state index in [9.17, 15) is 9.59 Å². The van der Waals surface area contributed by atoms with Gasteiger partial charge in [0.1, 0.15) is 0 Å². The largest absolute Gasteiger partial charge is 0.449 e. The molecule has 0 saturated heterocycles. The van der Waals surface area contributed by atoms with E-state index in [0.29, 0.717) is 5.69 Å². The number of urea groups is 1. The lowest BCUT2D eigenvalue weighted by Crippen LogP contribution is -2.43. The third-order valence-corrected chi connectivity index (χ3v) is 3.11. The summed E-state index contributed by atoms with van der Waals surface area (Å²) >= 11 is 0. The second-order valence-corrected chi connectivity index (χ2v) is 4.71. The smallest absolute Gasteiger partial charge is 0.418 e. The monoisotopic (exact) mass is 316 g/mol. The van der Waals surface area contributed by atoms with Crippen molar-refractivity contribution in [2.75, 3.05) is 25.0 Å². The minimum Gasteiger partial charge on any atom is -0.449 e. The maximum atomic E-state index is 12.2. The summed E-state index contributed by atoms with van der Waals surface area (Å²) < 4.78 is 6.80. The normalized spacial score (nSPS) is 10.2. The Hall–Kier alpha value is -2.80. The summed E-state index contributed by atoms with van der Waals surface area (Å²) in [5, 5.41) is 2.66. The molecule has 2 aromatic rings. The Morgan fingerprint density at radius 1 is 1.22 bits per heavy atom. The third kappa shape index (κ3) is 4.33. The molecule has 3 N–H and O–H groups in total. The van der Waals surface area contributed by atoms with Crippen LogP contribution in [0.3, 0.4) is 0 Å². The molecule has 0 bridgehead atoms. The van der Waals surface area contributed by atoms with Crippen LogP contribution in [0.4, 0.5) is 15.3 Å². The maximum absolute atomic E-state index is 12.2. The average Bonchev–Trinajstić information content (AvgIpc) is 3.07. The lowest BCUT2D eigenvalue weighted by molar-refractivity contribution is 0.118. The maximum Gasteiger partial charge on any atom is 0.418 e. The van der Waals surface area contributed by atoms with Gasteiger partial charge in [-0.15, -0.1) is 0 Å². The first-order valence-corrected chi connectivity index (χ1v) is 7.34. The van der Waals surface area contributed by atoms with Gasteiger partial charge in [-0.05, 0) is 43.3 Å². The molecular formula is C16H20N4O3. The van der Waals surface area contributed by atoms with E-state index >= 15 is 0 Å². The molecule has 0 spiro atoms. The summed E-state index contributed by atoms with van der Waals surface area (Å²) in [5.74, 6) is 0. The predicted octanol–water partition coefficient (Wildman–Crippen LogP) is 2.43. The number of hydrogen-bond acceptors (Lipinski definition) is 4. The Labute approximate surface area is 134 Å². The molecule has 2 rings (SSSR count). The molecule has 122 valence electrons. The first kappa shape index (κ1) is 16.6. The van der Waals surface area contributed by atoms with Crippen molar-refractivity contribution in [3.8, 4) is 5.69 Å². The number of nitrogens with zero attached hydrogens (tertiary/aromatic N) is 2. The number of benzene rings is 1. The van der Waals surface area contributed by atoms with Crippen LogP contribution in [0.15, 0.2) is 48.8 Å². The molecule has 23 heavy (non-hydrogen) atoms. The van der Waals surface area contributed by atoms with Crippen LogP contribution >= 0.6 is 0 Å². The Morgan fingerprint density at radius 2 is 1.87 bits per heavy atom. The van der Waals surface area contributed by atoms with E-state index in [1.807, 2.05) is 41.2 Å². The molecule has 0 saturated carbocycles. The highest BCUT2D eigenvalue weighted by atomic mass is 16.6. The van der Waals surface area contributed by atoms with Crippen molar-refractivity contribution in [3.63, 3.8) is 0 Å². The van der Waals surface area contributed by atoms with Crippen LogP contribution in [0.2, 0.25) is 0 Å². The van der Waals surface area contributed by atoms with E-state index in [1.54, 1.807) is 19.1 Å². The summed E-state index contributed by atoms with van der Waals surface area (Å²) in [6, 6.07) is 10.6. The highest BCUT2D eigenvalue weighted by Crippen LogP contribution is 2.14. The summed E-state index contributed by atoms with van der Waals surface area (Å²) in [6.45, 7) is 2.13. The van der Waals surface area contributed by atoms with Gasteiger partial charge in [-0.1, -0.05) is 0 Å². The van der Waals surface area contributed by atoms with Crippen LogP contribution in [0.25, 0.3) is 5.69 Å². The number of rotatable bonds is 5. The van der Waals surface area contributed by atoms with Crippen molar-refractivity contribution in [2.24, 2.45) is 5.73 Å². The molecule has 0 radical (unpaired) electrons. The van der Waals surface area contributed by atoms with Gasteiger partial charge in [0, 0.05) is 36.9 Å². The van der Waals surface area contributed by atoms with Crippen LogP contribution < -0.4 is 11.1 Å². The molecule has 1 aromatic carbocycles. The fourth-order valence-corrected chi connectivity index (χ4v) is 2.02. The zero-order chi connectivity index (χ0) is 16.7. The SMILES string of the molecule is CCOC(=O)N(CCN)C(=O)Nc1ccc(-n2cccc2)cc1. The van der Waals surface area contributed by atoms with Crippen LogP contribution in [0, 0.1) is 0 Å². The molecule has 0 aliphatic heterocycles. The van der Waals surface area contributed by atoms with E-state index in [2.05, 4.69) is 5.32 Å². The van der Waals surface area contributed by atoms with Gasteiger partial charge < -0.3 is 20.4 Å². The van der Waals surface area contributed by atoms with E-state index in [4.69, 9.17) is 10.5 Å². The zero-order valence-electron chi connectivity index (χ0n) is 12.9. The Morgan fingerprint density at radius 3 is 2.43 bits per heavy atom. The number of anilines is 1. The minimum atomic E-state index is -0.709. The van der Waals surface area contributed by atoms with Gasteiger partial charge in [0.2, 0.25) is 0 Å². The first-order valence-electron chi connectivity index (χ1n) is 7.34. The van der Waals surface area contributed by atoms with Crippen molar-refractivity contribution < 1.29 is 14.3 Å². The van der Waals surface area contributed by atoms with Gasteiger partial charge in [0.15, 0.2) is 0 Å². The van der Waals surface area contributed by atoms with Crippen molar-refractivity contribution in [1.82, 2.24) is 9.47 Å². The molecule has 7 heteroatoms. The van der Waals surface area contributed by atoms with E-state index in [0.717, 1.165) is 10.6 Å².